The SMILES string of the molecule is CN(CC(O)COc1ccc(C(F)(F)F)cc1)C(=O)Nc1nncs1. The summed E-state index contributed by atoms with van der Waals surface area (Å²) in [6, 6.07) is 3.64. The summed E-state index contributed by atoms with van der Waals surface area (Å²) < 4.78 is 42.6. The van der Waals surface area contributed by atoms with Crippen LogP contribution in [0.2, 0.25) is 0 Å². The van der Waals surface area contributed by atoms with Crippen LogP contribution in [0.25, 0.3) is 0 Å². The molecule has 0 bridgehead atoms. The third-order valence-corrected chi connectivity index (χ3v) is 3.64. The Hall–Kier alpha value is -2.40. The van der Waals surface area contributed by atoms with Gasteiger partial charge < -0.3 is 14.7 Å². The third-order valence-electron chi connectivity index (χ3n) is 3.03. The molecule has 0 aliphatic heterocycles. The van der Waals surface area contributed by atoms with Gasteiger partial charge in [0, 0.05) is 7.05 Å². The second kappa shape index (κ2) is 8.12. The molecule has 1 atom stereocenters. The molecule has 11 heteroatoms. The fourth-order valence-corrected chi connectivity index (χ4v) is 2.23. The summed E-state index contributed by atoms with van der Waals surface area (Å²) in [6.07, 6.45) is -5.44. The molecular weight excluding hydrogens is 361 g/mol. The molecule has 0 spiro atoms. The number of benzene rings is 1. The van der Waals surface area contributed by atoms with Crippen LogP contribution in [0.3, 0.4) is 0 Å². The Morgan fingerprint density at radius 3 is 2.64 bits per heavy atom. The monoisotopic (exact) mass is 376 g/mol. The lowest BCUT2D eigenvalue weighted by Gasteiger charge is -2.20. The Morgan fingerprint density at radius 1 is 1.40 bits per heavy atom. The number of hydrogen-bond donors (Lipinski definition) is 2. The van der Waals surface area contributed by atoms with Crippen molar-refractivity contribution in [3.05, 3.63) is 35.3 Å². The first kappa shape index (κ1) is 18.9. The molecular formula is C14H15F3N4O3S. The van der Waals surface area contributed by atoms with Gasteiger partial charge in [-0.15, -0.1) is 10.2 Å². The lowest BCUT2D eigenvalue weighted by atomic mass is 10.2. The van der Waals surface area contributed by atoms with Crippen LogP contribution in [0.5, 0.6) is 5.75 Å². The smallest absolute Gasteiger partial charge is 0.416 e. The number of aliphatic hydroxyl groups is 1. The number of aromatic nitrogens is 2. The zero-order valence-corrected chi connectivity index (χ0v) is 13.8. The molecule has 1 aromatic heterocycles. The molecule has 7 nitrogen and oxygen atoms in total. The van der Waals surface area contributed by atoms with Crippen molar-refractivity contribution >= 4 is 22.5 Å². The lowest BCUT2D eigenvalue weighted by molar-refractivity contribution is -0.137. The van der Waals surface area contributed by atoms with Gasteiger partial charge in [-0.1, -0.05) is 11.3 Å². The highest BCUT2D eigenvalue weighted by Crippen LogP contribution is 2.30. The number of nitrogens with one attached hydrogen (secondary N) is 1. The summed E-state index contributed by atoms with van der Waals surface area (Å²) in [5.74, 6) is 0.188. The number of rotatable bonds is 6. The van der Waals surface area contributed by atoms with E-state index in [0.29, 0.717) is 5.13 Å². The summed E-state index contributed by atoms with van der Waals surface area (Å²) in [5.41, 5.74) is 0.677. The Balaban J connectivity index is 1.78. The zero-order chi connectivity index (χ0) is 18.4. The molecule has 2 rings (SSSR count). The number of urea groups is 1. The molecule has 0 fully saturated rings. The summed E-state index contributed by atoms with van der Waals surface area (Å²) in [4.78, 5) is 13.1. The van der Waals surface area contributed by atoms with Crippen LogP contribution >= 0.6 is 11.3 Å². The van der Waals surface area contributed by atoms with Crippen LogP contribution in [0.4, 0.5) is 23.1 Å². The van der Waals surface area contributed by atoms with Crippen LogP contribution in [0.15, 0.2) is 29.8 Å². The maximum absolute atomic E-state index is 12.5. The predicted molar refractivity (Wildman–Crippen MR) is 84.5 cm³/mol. The zero-order valence-electron chi connectivity index (χ0n) is 13.0. The minimum Gasteiger partial charge on any atom is -0.491 e. The van der Waals surface area contributed by atoms with E-state index in [0.717, 1.165) is 23.5 Å². The van der Waals surface area contributed by atoms with Crippen molar-refractivity contribution in [1.82, 2.24) is 15.1 Å². The van der Waals surface area contributed by atoms with Crippen LogP contribution in [0.1, 0.15) is 5.56 Å². The first-order valence-corrected chi connectivity index (χ1v) is 7.90. The second-order valence-electron chi connectivity index (χ2n) is 5.04. The molecule has 136 valence electrons. The molecule has 0 aliphatic carbocycles. The highest BCUT2D eigenvalue weighted by Gasteiger charge is 2.30. The number of carbonyl (C=O) groups excluding carboxylic acids is 1. The minimum atomic E-state index is -4.42. The molecule has 0 saturated carbocycles. The molecule has 0 radical (unpaired) electrons. The van der Waals surface area contributed by atoms with Crippen molar-refractivity contribution in [2.24, 2.45) is 0 Å². The number of hydrogen-bond acceptors (Lipinski definition) is 6. The summed E-state index contributed by atoms with van der Waals surface area (Å²) in [6.45, 7) is -0.215. The number of amides is 2. The van der Waals surface area contributed by atoms with Gasteiger partial charge in [0.15, 0.2) is 0 Å². The van der Waals surface area contributed by atoms with Crippen LogP contribution in [-0.2, 0) is 6.18 Å². The van der Waals surface area contributed by atoms with E-state index in [-0.39, 0.29) is 18.9 Å². The van der Waals surface area contributed by atoms with E-state index in [9.17, 15) is 23.1 Å². The van der Waals surface area contributed by atoms with E-state index in [1.54, 1.807) is 0 Å². The van der Waals surface area contributed by atoms with Crippen molar-refractivity contribution in [2.45, 2.75) is 12.3 Å². The van der Waals surface area contributed by atoms with Gasteiger partial charge in [-0.05, 0) is 24.3 Å². The molecule has 25 heavy (non-hydrogen) atoms. The Labute approximate surface area is 145 Å². The fourth-order valence-electron chi connectivity index (χ4n) is 1.80. The molecule has 1 aromatic carbocycles. The van der Waals surface area contributed by atoms with Crippen LogP contribution in [0, 0.1) is 0 Å². The largest absolute Gasteiger partial charge is 0.491 e. The first-order chi connectivity index (χ1) is 11.8. The molecule has 2 aromatic rings. The summed E-state index contributed by atoms with van der Waals surface area (Å²) >= 11 is 1.15. The average molecular weight is 376 g/mol. The predicted octanol–water partition coefficient (Wildman–Crippen LogP) is 2.46. The summed E-state index contributed by atoms with van der Waals surface area (Å²) in [7, 11) is 1.47. The van der Waals surface area contributed by atoms with Gasteiger partial charge in [-0.3, -0.25) is 5.32 Å². The van der Waals surface area contributed by atoms with Gasteiger partial charge in [-0.25, -0.2) is 4.79 Å². The molecule has 2 N–H and O–H groups in total. The number of alkyl halides is 3. The number of anilines is 1. The first-order valence-electron chi connectivity index (χ1n) is 7.02. The number of aliphatic hydroxyl groups excluding tert-OH is 1. The van der Waals surface area contributed by atoms with E-state index in [2.05, 4.69) is 15.5 Å². The van der Waals surface area contributed by atoms with Gasteiger partial charge in [0.25, 0.3) is 0 Å². The van der Waals surface area contributed by atoms with Crippen molar-refractivity contribution in [2.75, 3.05) is 25.5 Å². The normalized spacial score (nSPS) is 12.5. The number of nitrogens with zero attached hydrogens (tertiary/aromatic N) is 3. The Morgan fingerprint density at radius 2 is 2.08 bits per heavy atom. The van der Waals surface area contributed by atoms with Gasteiger partial charge in [0.2, 0.25) is 5.13 Å². The van der Waals surface area contributed by atoms with Crippen LogP contribution < -0.4 is 10.1 Å². The topological polar surface area (TPSA) is 87.6 Å². The Bertz CT molecular complexity index is 680. The van der Waals surface area contributed by atoms with Gasteiger partial charge >= 0.3 is 12.2 Å². The molecule has 2 amide bonds. The fraction of sp³-hybridized carbons (Fsp3) is 0.357. The Kier molecular flexibility index (Phi) is 6.15. The van der Waals surface area contributed by atoms with Crippen molar-refractivity contribution < 1.29 is 27.8 Å². The van der Waals surface area contributed by atoms with E-state index in [4.69, 9.17) is 4.74 Å². The number of halogens is 3. The highest BCUT2D eigenvalue weighted by molar-refractivity contribution is 7.13. The quantitative estimate of drug-likeness (QED) is 0.809. The highest BCUT2D eigenvalue weighted by atomic mass is 32.1. The lowest BCUT2D eigenvalue weighted by Crippen LogP contribution is -2.39. The van der Waals surface area contributed by atoms with E-state index in [1.165, 1.54) is 29.6 Å². The van der Waals surface area contributed by atoms with E-state index < -0.39 is 23.9 Å². The van der Waals surface area contributed by atoms with Crippen LogP contribution in [-0.4, -0.2) is 52.5 Å². The van der Waals surface area contributed by atoms with Crippen molar-refractivity contribution in [3.8, 4) is 5.75 Å². The van der Waals surface area contributed by atoms with Crippen molar-refractivity contribution in [1.29, 1.82) is 0 Å². The number of ether oxygens (including phenoxy) is 1. The molecule has 0 saturated heterocycles. The standard InChI is InChI=1S/C14H15F3N4O3S/c1-21(13(23)19-12-20-18-8-25-12)6-10(22)7-24-11-4-2-9(3-5-11)14(15,16)17/h2-5,8,10,22H,6-7H2,1H3,(H,19,20,23). The maximum atomic E-state index is 12.5. The van der Waals surface area contributed by atoms with Gasteiger partial charge in [0.05, 0.1) is 12.1 Å². The molecule has 1 heterocycles. The number of carbonyl (C=O) groups is 1. The molecule has 1 unspecified atom stereocenters. The summed E-state index contributed by atoms with van der Waals surface area (Å²) in [5, 5.41) is 19.9. The molecule has 0 aliphatic rings. The van der Waals surface area contributed by atoms with E-state index in [1.807, 2.05) is 0 Å². The maximum Gasteiger partial charge on any atom is 0.416 e. The van der Waals surface area contributed by atoms with Gasteiger partial charge in [0.1, 0.15) is 24.0 Å². The third kappa shape index (κ3) is 5.87. The van der Waals surface area contributed by atoms with E-state index >= 15 is 0 Å². The minimum absolute atomic E-state index is 0.0364. The van der Waals surface area contributed by atoms with Crippen molar-refractivity contribution in [3.63, 3.8) is 0 Å². The van der Waals surface area contributed by atoms with Gasteiger partial charge in [-0.2, -0.15) is 13.2 Å². The average Bonchev–Trinajstić information content (AvgIpc) is 3.05. The second-order valence-corrected chi connectivity index (χ2v) is 5.87. The number of likely N-dealkylation sites (N-methyl/N-ethyl adjacent to an activating group) is 1.